The van der Waals surface area contributed by atoms with Crippen molar-refractivity contribution >= 4 is 17.0 Å². The molecule has 3 rings (SSSR count). The molecule has 6 nitrogen and oxygen atoms in total. The zero-order valence-corrected chi connectivity index (χ0v) is 10.4. The zero-order chi connectivity index (χ0) is 13.2. The first-order valence-electron chi connectivity index (χ1n) is 6.35. The lowest BCUT2D eigenvalue weighted by atomic mass is 10.2. The van der Waals surface area contributed by atoms with E-state index in [1.807, 2.05) is 12.1 Å². The monoisotopic (exact) mass is 261 g/mol. The molecule has 1 amide bonds. The van der Waals surface area contributed by atoms with E-state index in [0.29, 0.717) is 17.6 Å². The molecule has 1 aliphatic rings. The van der Waals surface area contributed by atoms with Gasteiger partial charge in [-0.1, -0.05) is 6.07 Å². The summed E-state index contributed by atoms with van der Waals surface area (Å²) < 4.78 is 4.92. The lowest BCUT2D eigenvalue weighted by Crippen LogP contribution is -2.39. The molecule has 1 atom stereocenters. The van der Waals surface area contributed by atoms with Gasteiger partial charge in [-0.2, -0.15) is 0 Å². The number of aromatic amines is 1. The fourth-order valence-corrected chi connectivity index (χ4v) is 2.33. The van der Waals surface area contributed by atoms with E-state index >= 15 is 0 Å². The maximum absolute atomic E-state index is 11.8. The minimum absolute atomic E-state index is 0.0262. The molecule has 100 valence electrons. The number of nitrogens with one attached hydrogen (secondary N) is 3. The number of benzene rings is 1. The molecule has 0 radical (unpaired) electrons. The van der Waals surface area contributed by atoms with Crippen LogP contribution in [0.5, 0.6) is 0 Å². The Morgan fingerprint density at radius 3 is 3.16 bits per heavy atom. The van der Waals surface area contributed by atoms with Crippen LogP contribution in [-0.4, -0.2) is 23.5 Å². The minimum atomic E-state index is -0.466. The van der Waals surface area contributed by atoms with Crippen molar-refractivity contribution in [3.05, 3.63) is 34.3 Å². The Morgan fingerprint density at radius 2 is 2.37 bits per heavy atom. The maximum atomic E-state index is 11.8. The third-order valence-corrected chi connectivity index (χ3v) is 3.33. The van der Waals surface area contributed by atoms with E-state index < -0.39 is 5.76 Å². The largest absolute Gasteiger partial charge is 0.417 e. The Morgan fingerprint density at radius 1 is 1.47 bits per heavy atom. The highest BCUT2D eigenvalue weighted by Gasteiger charge is 2.21. The number of carbonyl (C=O) groups excluding carboxylic acids is 1. The summed E-state index contributed by atoms with van der Waals surface area (Å²) in [6.07, 6.45) is 1.93. The van der Waals surface area contributed by atoms with Gasteiger partial charge in [-0.3, -0.25) is 9.78 Å². The normalized spacial score (nSPS) is 18.8. The molecule has 6 heteroatoms. The lowest BCUT2D eigenvalue weighted by molar-refractivity contribution is -0.122. The first-order valence-corrected chi connectivity index (χ1v) is 6.35. The summed E-state index contributed by atoms with van der Waals surface area (Å²) >= 11 is 0. The van der Waals surface area contributed by atoms with Crippen LogP contribution in [0.2, 0.25) is 0 Å². The first-order chi connectivity index (χ1) is 9.22. The van der Waals surface area contributed by atoms with Gasteiger partial charge in [-0.15, -0.1) is 0 Å². The predicted octanol–water partition coefficient (Wildman–Crippen LogP) is 0.489. The van der Waals surface area contributed by atoms with Crippen molar-refractivity contribution in [1.29, 1.82) is 0 Å². The summed E-state index contributed by atoms with van der Waals surface area (Å²) in [5.41, 5.74) is 2.10. The molecule has 0 bridgehead atoms. The quantitative estimate of drug-likeness (QED) is 0.750. The van der Waals surface area contributed by atoms with E-state index in [4.69, 9.17) is 4.42 Å². The highest BCUT2D eigenvalue weighted by Crippen LogP contribution is 2.12. The molecular formula is C13H15N3O3. The lowest BCUT2D eigenvalue weighted by Gasteiger charge is -2.10. The molecule has 1 unspecified atom stereocenters. The molecule has 3 N–H and O–H groups in total. The summed E-state index contributed by atoms with van der Waals surface area (Å²) in [5, 5.41) is 6.04. The Bertz CT molecular complexity index is 652. The van der Waals surface area contributed by atoms with Crippen molar-refractivity contribution in [2.45, 2.75) is 25.4 Å². The Kier molecular flexibility index (Phi) is 3.08. The number of amides is 1. The van der Waals surface area contributed by atoms with Crippen molar-refractivity contribution in [3.8, 4) is 0 Å². The molecule has 1 saturated heterocycles. The second-order valence-electron chi connectivity index (χ2n) is 4.71. The van der Waals surface area contributed by atoms with Crippen LogP contribution in [-0.2, 0) is 11.3 Å². The molecule has 1 aromatic heterocycles. The molecule has 0 saturated carbocycles. The van der Waals surface area contributed by atoms with Gasteiger partial charge in [0.2, 0.25) is 5.91 Å². The molecule has 2 heterocycles. The van der Waals surface area contributed by atoms with E-state index in [0.717, 1.165) is 24.9 Å². The maximum Gasteiger partial charge on any atom is 0.417 e. The third-order valence-electron chi connectivity index (χ3n) is 3.33. The van der Waals surface area contributed by atoms with Crippen molar-refractivity contribution in [3.63, 3.8) is 0 Å². The summed E-state index contributed by atoms with van der Waals surface area (Å²) in [7, 11) is 0. The van der Waals surface area contributed by atoms with Crippen molar-refractivity contribution in [1.82, 2.24) is 15.6 Å². The van der Waals surface area contributed by atoms with Crippen molar-refractivity contribution < 1.29 is 9.21 Å². The van der Waals surface area contributed by atoms with Gasteiger partial charge in [0.25, 0.3) is 0 Å². The predicted molar refractivity (Wildman–Crippen MR) is 69.7 cm³/mol. The average molecular weight is 261 g/mol. The van der Waals surface area contributed by atoms with Crippen LogP contribution < -0.4 is 16.4 Å². The molecule has 1 aliphatic heterocycles. The number of aromatic nitrogens is 1. The van der Waals surface area contributed by atoms with Crippen LogP contribution in [0, 0.1) is 0 Å². The first kappa shape index (κ1) is 12.0. The summed E-state index contributed by atoms with van der Waals surface area (Å²) in [6.45, 7) is 1.35. The smallest absolute Gasteiger partial charge is 0.408 e. The van der Waals surface area contributed by atoms with E-state index in [9.17, 15) is 9.59 Å². The molecule has 0 spiro atoms. The third kappa shape index (κ3) is 2.53. The number of oxazole rings is 1. The highest BCUT2D eigenvalue weighted by atomic mass is 16.4. The Labute approximate surface area is 109 Å². The fraction of sp³-hybridized carbons (Fsp3) is 0.385. The van der Waals surface area contributed by atoms with Gasteiger partial charge >= 0.3 is 5.76 Å². The zero-order valence-electron chi connectivity index (χ0n) is 10.4. The summed E-state index contributed by atoms with van der Waals surface area (Å²) in [5.74, 6) is -0.440. The van der Waals surface area contributed by atoms with Crippen LogP contribution in [0.15, 0.2) is 27.4 Å². The Hall–Kier alpha value is -2.08. The Balaban J connectivity index is 1.67. The minimum Gasteiger partial charge on any atom is -0.408 e. The van der Waals surface area contributed by atoms with Gasteiger partial charge < -0.3 is 15.1 Å². The molecular weight excluding hydrogens is 246 g/mol. The topological polar surface area (TPSA) is 87.1 Å². The van der Waals surface area contributed by atoms with Crippen LogP contribution >= 0.6 is 0 Å². The number of rotatable bonds is 3. The standard InChI is InChI=1S/C13H15N3O3/c17-12(9-2-1-5-14-9)15-7-8-3-4-11-10(6-8)16-13(18)19-11/h3-4,6,9,14H,1-2,5,7H2,(H,15,17)(H,16,18). The molecule has 19 heavy (non-hydrogen) atoms. The summed E-state index contributed by atoms with van der Waals surface area (Å²) in [4.78, 5) is 25.5. The SMILES string of the molecule is O=C(NCc1ccc2oc(=O)[nH]c2c1)C1CCCN1. The van der Waals surface area contributed by atoms with Gasteiger partial charge in [0, 0.05) is 6.54 Å². The number of hydrogen-bond donors (Lipinski definition) is 3. The van der Waals surface area contributed by atoms with Crippen molar-refractivity contribution in [2.24, 2.45) is 0 Å². The molecule has 1 aromatic carbocycles. The van der Waals surface area contributed by atoms with E-state index in [1.165, 1.54) is 0 Å². The number of carbonyl (C=O) groups is 1. The van der Waals surface area contributed by atoms with Gasteiger partial charge in [-0.05, 0) is 37.1 Å². The van der Waals surface area contributed by atoms with Gasteiger partial charge in [-0.25, -0.2) is 4.79 Å². The number of fused-ring (bicyclic) bond motifs is 1. The molecule has 1 fully saturated rings. The van der Waals surface area contributed by atoms with Gasteiger partial charge in [0.05, 0.1) is 11.6 Å². The van der Waals surface area contributed by atoms with Gasteiger partial charge in [0.15, 0.2) is 5.58 Å². The van der Waals surface area contributed by atoms with E-state index in [1.54, 1.807) is 6.07 Å². The number of hydrogen-bond acceptors (Lipinski definition) is 4. The molecule has 2 aromatic rings. The van der Waals surface area contributed by atoms with E-state index in [2.05, 4.69) is 15.6 Å². The summed E-state index contributed by atoms with van der Waals surface area (Å²) in [6, 6.07) is 5.30. The highest BCUT2D eigenvalue weighted by molar-refractivity contribution is 5.82. The van der Waals surface area contributed by atoms with E-state index in [-0.39, 0.29) is 11.9 Å². The van der Waals surface area contributed by atoms with Crippen LogP contribution in [0.1, 0.15) is 18.4 Å². The van der Waals surface area contributed by atoms with Crippen LogP contribution in [0.25, 0.3) is 11.1 Å². The van der Waals surface area contributed by atoms with Crippen LogP contribution in [0.4, 0.5) is 0 Å². The second kappa shape index (κ2) is 4.89. The van der Waals surface area contributed by atoms with Crippen LogP contribution in [0.3, 0.4) is 0 Å². The number of H-pyrrole nitrogens is 1. The fourth-order valence-electron chi connectivity index (χ4n) is 2.33. The van der Waals surface area contributed by atoms with Gasteiger partial charge in [0.1, 0.15) is 0 Å². The van der Waals surface area contributed by atoms with Crippen molar-refractivity contribution in [2.75, 3.05) is 6.54 Å². The second-order valence-corrected chi connectivity index (χ2v) is 4.71. The molecule has 0 aliphatic carbocycles. The average Bonchev–Trinajstić information content (AvgIpc) is 3.03.